The second-order valence-electron chi connectivity index (χ2n) is 6.69. The van der Waals surface area contributed by atoms with E-state index in [1.165, 1.54) is 6.20 Å². The number of methoxy groups -OCH3 is 1. The number of nitrogens with one attached hydrogen (secondary N) is 2. The van der Waals surface area contributed by atoms with Crippen LogP contribution in [-0.2, 0) is 9.47 Å². The molecule has 0 aromatic carbocycles. The molecule has 1 aromatic rings. The summed E-state index contributed by atoms with van der Waals surface area (Å²) < 4.78 is 10.9. The standard InChI is InChI=1S/C16H21N3O4/c1-22-7-11-12(9-4-5-23-13(9)11)18-15(20)10-6-17-14(8-2-3-8)19-16(10)21/h6,8-9,11-13H,2-5,7H2,1H3,(H,18,20)(H,17,19,21)/t9-,11+,12+,13-/m1/s1. The van der Waals surface area contributed by atoms with Gasteiger partial charge in [0.25, 0.3) is 11.5 Å². The van der Waals surface area contributed by atoms with E-state index in [9.17, 15) is 9.59 Å². The summed E-state index contributed by atoms with van der Waals surface area (Å²) in [6, 6.07) is -0.00235. The van der Waals surface area contributed by atoms with Crippen molar-refractivity contribution in [3.05, 3.63) is 27.9 Å². The number of amides is 1. The van der Waals surface area contributed by atoms with Gasteiger partial charge in [-0.05, 0) is 19.3 Å². The van der Waals surface area contributed by atoms with E-state index in [0.717, 1.165) is 25.9 Å². The molecule has 0 bridgehead atoms. The molecule has 7 nitrogen and oxygen atoms in total. The number of hydrogen-bond acceptors (Lipinski definition) is 5. The summed E-state index contributed by atoms with van der Waals surface area (Å²) in [5, 5.41) is 2.99. The molecule has 124 valence electrons. The molecule has 23 heavy (non-hydrogen) atoms. The molecule has 2 N–H and O–H groups in total. The predicted octanol–water partition coefficient (Wildman–Crippen LogP) is 0.427. The van der Waals surface area contributed by atoms with Crippen molar-refractivity contribution in [2.24, 2.45) is 11.8 Å². The summed E-state index contributed by atoms with van der Waals surface area (Å²) >= 11 is 0. The van der Waals surface area contributed by atoms with Crippen LogP contribution >= 0.6 is 0 Å². The highest BCUT2D eigenvalue weighted by Crippen LogP contribution is 2.43. The Morgan fingerprint density at radius 2 is 2.30 bits per heavy atom. The number of hydrogen-bond donors (Lipinski definition) is 2. The van der Waals surface area contributed by atoms with E-state index in [1.54, 1.807) is 7.11 Å². The van der Waals surface area contributed by atoms with Gasteiger partial charge in [0.05, 0.1) is 12.7 Å². The zero-order valence-corrected chi connectivity index (χ0v) is 13.1. The average Bonchev–Trinajstić information content (AvgIpc) is 3.30. The Kier molecular flexibility index (Phi) is 3.69. The SMILES string of the molecule is COC[C@H]1[C@@H](NC(=O)c2cnc(C3CC3)[nH]c2=O)[C@H]2CCO[C@H]21. The number of H-pyrrole nitrogens is 1. The van der Waals surface area contributed by atoms with Crippen LogP contribution in [0.2, 0.25) is 0 Å². The summed E-state index contributed by atoms with van der Waals surface area (Å²) in [6.45, 7) is 1.27. The Morgan fingerprint density at radius 3 is 3.00 bits per heavy atom. The van der Waals surface area contributed by atoms with Crippen LogP contribution in [0.3, 0.4) is 0 Å². The lowest BCUT2D eigenvalue weighted by Gasteiger charge is -2.47. The first-order valence-electron chi connectivity index (χ1n) is 8.19. The third kappa shape index (κ3) is 2.57. The zero-order valence-electron chi connectivity index (χ0n) is 13.1. The largest absolute Gasteiger partial charge is 0.384 e. The normalized spacial score (nSPS) is 32.2. The van der Waals surface area contributed by atoms with Crippen molar-refractivity contribution in [3.8, 4) is 0 Å². The Morgan fingerprint density at radius 1 is 1.48 bits per heavy atom. The van der Waals surface area contributed by atoms with Gasteiger partial charge >= 0.3 is 0 Å². The van der Waals surface area contributed by atoms with Gasteiger partial charge in [0.1, 0.15) is 11.4 Å². The number of aromatic amines is 1. The number of rotatable bonds is 5. The van der Waals surface area contributed by atoms with E-state index in [1.807, 2.05) is 0 Å². The van der Waals surface area contributed by atoms with E-state index in [4.69, 9.17) is 9.47 Å². The fraction of sp³-hybridized carbons (Fsp3) is 0.688. The highest BCUT2D eigenvalue weighted by Gasteiger charge is 2.54. The van der Waals surface area contributed by atoms with Gasteiger partial charge in [0.2, 0.25) is 0 Å². The number of carbonyl (C=O) groups is 1. The van der Waals surface area contributed by atoms with Gasteiger partial charge in [-0.2, -0.15) is 0 Å². The molecule has 4 atom stereocenters. The predicted molar refractivity (Wildman–Crippen MR) is 81.3 cm³/mol. The molecule has 2 aliphatic carbocycles. The molecule has 3 aliphatic rings. The lowest BCUT2D eigenvalue weighted by Crippen LogP contribution is -2.63. The molecule has 1 aromatic heterocycles. The van der Waals surface area contributed by atoms with Crippen LogP contribution in [0.25, 0.3) is 0 Å². The Hall–Kier alpha value is -1.73. The molecule has 2 heterocycles. The minimum Gasteiger partial charge on any atom is -0.384 e. The molecule has 1 saturated heterocycles. The van der Waals surface area contributed by atoms with Gasteiger partial charge < -0.3 is 19.8 Å². The Labute approximate surface area is 133 Å². The number of carbonyl (C=O) groups excluding carboxylic acids is 1. The van der Waals surface area contributed by atoms with Crippen molar-refractivity contribution < 1.29 is 14.3 Å². The monoisotopic (exact) mass is 319 g/mol. The molecule has 2 saturated carbocycles. The molecule has 1 aliphatic heterocycles. The van der Waals surface area contributed by atoms with Crippen molar-refractivity contribution in [2.45, 2.75) is 37.3 Å². The van der Waals surface area contributed by atoms with Gasteiger partial charge in [-0.1, -0.05) is 0 Å². The average molecular weight is 319 g/mol. The minimum atomic E-state index is -0.363. The highest BCUT2D eigenvalue weighted by atomic mass is 16.5. The van der Waals surface area contributed by atoms with Gasteiger partial charge in [-0.15, -0.1) is 0 Å². The maximum absolute atomic E-state index is 12.5. The van der Waals surface area contributed by atoms with Crippen LogP contribution in [0.1, 0.15) is 41.4 Å². The van der Waals surface area contributed by atoms with Crippen molar-refractivity contribution in [1.29, 1.82) is 0 Å². The summed E-state index contributed by atoms with van der Waals surface area (Å²) in [4.78, 5) is 31.5. The van der Waals surface area contributed by atoms with E-state index in [2.05, 4.69) is 15.3 Å². The van der Waals surface area contributed by atoms with Gasteiger partial charge in [0.15, 0.2) is 0 Å². The van der Waals surface area contributed by atoms with Crippen LogP contribution in [0, 0.1) is 11.8 Å². The second kappa shape index (κ2) is 5.72. The zero-order chi connectivity index (χ0) is 16.0. The number of fused-ring (bicyclic) bond motifs is 1. The molecular weight excluding hydrogens is 298 g/mol. The van der Waals surface area contributed by atoms with Crippen LogP contribution in [0.5, 0.6) is 0 Å². The first-order valence-corrected chi connectivity index (χ1v) is 8.19. The smallest absolute Gasteiger partial charge is 0.263 e. The minimum absolute atomic E-state index is 0.00235. The Balaban J connectivity index is 1.48. The molecule has 0 radical (unpaired) electrons. The maximum Gasteiger partial charge on any atom is 0.263 e. The van der Waals surface area contributed by atoms with Crippen LogP contribution in [0.15, 0.2) is 11.0 Å². The number of nitrogens with zero attached hydrogens (tertiary/aromatic N) is 1. The van der Waals surface area contributed by atoms with Crippen molar-refractivity contribution in [2.75, 3.05) is 20.3 Å². The third-order valence-corrected chi connectivity index (χ3v) is 5.21. The summed E-state index contributed by atoms with van der Waals surface area (Å²) in [5.74, 6) is 1.15. The van der Waals surface area contributed by atoms with Crippen molar-refractivity contribution in [1.82, 2.24) is 15.3 Å². The summed E-state index contributed by atoms with van der Waals surface area (Å²) in [7, 11) is 1.65. The quantitative estimate of drug-likeness (QED) is 0.821. The summed E-state index contributed by atoms with van der Waals surface area (Å²) in [5.41, 5.74) is -0.283. The van der Waals surface area contributed by atoms with E-state index < -0.39 is 0 Å². The highest BCUT2D eigenvalue weighted by molar-refractivity contribution is 5.93. The van der Waals surface area contributed by atoms with Crippen molar-refractivity contribution in [3.63, 3.8) is 0 Å². The van der Waals surface area contributed by atoms with Crippen LogP contribution in [-0.4, -0.2) is 48.3 Å². The lowest BCUT2D eigenvalue weighted by atomic mass is 9.67. The molecule has 0 unspecified atom stereocenters. The molecule has 7 heteroatoms. The van der Waals surface area contributed by atoms with Gasteiger partial charge in [0, 0.05) is 43.7 Å². The molecule has 3 fully saturated rings. The first kappa shape index (κ1) is 14.8. The topological polar surface area (TPSA) is 93.3 Å². The third-order valence-electron chi connectivity index (χ3n) is 5.21. The van der Waals surface area contributed by atoms with Crippen LogP contribution in [0.4, 0.5) is 0 Å². The van der Waals surface area contributed by atoms with Gasteiger partial charge in [-0.25, -0.2) is 4.98 Å². The Bertz CT molecular complexity index is 670. The van der Waals surface area contributed by atoms with Crippen molar-refractivity contribution >= 4 is 5.91 Å². The molecule has 0 spiro atoms. The van der Waals surface area contributed by atoms with E-state index >= 15 is 0 Å². The fourth-order valence-electron chi connectivity index (χ4n) is 3.80. The maximum atomic E-state index is 12.5. The van der Waals surface area contributed by atoms with E-state index in [0.29, 0.717) is 24.3 Å². The number of aromatic nitrogens is 2. The van der Waals surface area contributed by atoms with Crippen LogP contribution < -0.4 is 10.9 Å². The van der Waals surface area contributed by atoms with Gasteiger partial charge in [-0.3, -0.25) is 9.59 Å². The molecule has 4 rings (SSSR count). The fourth-order valence-corrected chi connectivity index (χ4v) is 3.80. The lowest BCUT2D eigenvalue weighted by molar-refractivity contribution is -0.0809. The molecular formula is C16H21N3O4. The summed E-state index contributed by atoms with van der Waals surface area (Å²) in [6.07, 6.45) is 4.60. The van der Waals surface area contributed by atoms with E-state index in [-0.39, 0.29) is 35.1 Å². The number of ether oxygens (including phenoxy) is 2. The second-order valence-corrected chi connectivity index (χ2v) is 6.69. The first-order chi connectivity index (χ1) is 11.2. The molecule has 1 amide bonds.